The Bertz CT molecular complexity index is 570. The van der Waals surface area contributed by atoms with Crippen molar-refractivity contribution in [3.05, 3.63) is 35.5 Å². The molecule has 0 bridgehead atoms. The zero-order chi connectivity index (χ0) is 12.5. The summed E-state index contributed by atoms with van der Waals surface area (Å²) < 4.78 is 0. The van der Waals surface area contributed by atoms with Gasteiger partial charge < -0.3 is 10.2 Å². The Morgan fingerprint density at radius 1 is 1.39 bits per heavy atom. The number of fused-ring (bicyclic) bond motifs is 1. The molecule has 4 heteroatoms. The number of nitrogens with zero attached hydrogens (tertiary/aromatic N) is 2. The molecule has 1 aliphatic heterocycles. The van der Waals surface area contributed by atoms with Crippen LogP contribution in [-0.2, 0) is 0 Å². The highest BCUT2D eigenvalue weighted by atomic mass is 35.5. The van der Waals surface area contributed by atoms with E-state index < -0.39 is 0 Å². The standard InChI is InChI=1S/C14H16ClN3/c1-10-9-16-6-7-18(10)14-4-5-17-13-8-11(15)2-3-12(13)14/h2-5,8,10,16H,6-7,9H2,1H3. The lowest BCUT2D eigenvalue weighted by atomic mass is 10.1. The Morgan fingerprint density at radius 2 is 2.28 bits per heavy atom. The van der Waals surface area contributed by atoms with Crippen molar-refractivity contribution in [2.24, 2.45) is 0 Å². The number of rotatable bonds is 1. The highest BCUT2D eigenvalue weighted by molar-refractivity contribution is 6.31. The molecule has 1 saturated heterocycles. The molecule has 0 saturated carbocycles. The van der Waals surface area contributed by atoms with Gasteiger partial charge in [0.15, 0.2) is 0 Å². The molecular weight excluding hydrogens is 246 g/mol. The molecule has 18 heavy (non-hydrogen) atoms. The van der Waals surface area contributed by atoms with E-state index in [2.05, 4.69) is 34.3 Å². The van der Waals surface area contributed by atoms with E-state index in [1.54, 1.807) is 0 Å². The number of anilines is 1. The quantitative estimate of drug-likeness (QED) is 0.856. The number of pyridine rings is 1. The summed E-state index contributed by atoms with van der Waals surface area (Å²) in [6, 6.07) is 8.52. The summed E-state index contributed by atoms with van der Waals surface area (Å²) in [5, 5.41) is 5.33. The number of nitrogens with one attached hydrogen (secondary N) is 1. The smallest absolute Gasteiger partial charge is 0.0737 e. The van der Waals surface area contributed by atoms with Gasteiger partial charge in [-0.05, 0) is 31.2 Å². The first-order valence-corrected chi connectivity index (χ1v) is 6.65. The monoisotopic (exact) mass is 261 g/mol. The Morgan fingerprint density at radius 3 is 3.11 bits per heavy atom. The van der Waals surface area contributed by atoms with Crippen LogP contribution >= 0.6 is 11.6 Å². The van der Waals surface area contributed by atoms with E-state index in [-0.39, 0.29) is 0 Å². The van der Waals surface area contributed by atoms with E-state index in [1.807, 2.05) is 18.3 Å². The van der Waals surface area contributed by atoms with E-state index in [0.717, 1.165) is 30.2 Å². The number of halogens is 1. The molecule has 94 valence electrons. The molecule has 1 atom stereocenters. The fraction of sp³-hybridized carbons (Fsp3) is 0.357. The van der Waals surface area contributed by atoms with E-state index in [4.69, 9.17) is 11.6 Å². The molecular formula is C14H16ClN3. The average Bonchev–Trinajstić information content (AvgIpc) is 2.38. The third-order valence-electron chi connectivity index (χ3n) is 3.49. The van der Waals surface area contributed by atoms with Crippen LogP contribution in [-0.4, -0.2) is 30.7 Å². The summed E-state index contributed by atoms with van der Waals surface area (Å²) in [5.41, 5.74) is 2.22. The van der Waals surface area contributed by atoms with Crippen LogP contribution in [0.5, 0.6) is 0 Å². The lowest BCUT2D eigenvalue weighted by Crippen LogP contribution is -2.50. The van der Waals surface area contributed by atoms with E-state index in [0.29, 0.717) is 6.04 Å². The molecule has 1 aromatic carbocycles. The van der Waals surface area contributed by atoms with Crippen molar-refractivity contribution >= 4 is 28.2 Å². The second kappa shape index (κ2) is 4.75. The number of hydrogen-bond acceptors (Lipinski definition) is 3. The highest BCUT2D eigenvalue weighted by Gasteiger charge is 2.19. The highest BCUT2D eigenvalue weighted by Crippen LogP contribution is 2.28. The van der Waals surface area contributed by atoms with Gasteiger partial charge in [-0.1, -0.05) is 11.6 Å². The van der Waals surface area contributed by atoms with Crippen molar-refractivity contribution in [2.45, 2.75) is 13.0 Å². The molecule has 0 radical (unpaired) electrons. The molecule has 3 rings (SSSR count). The SMILES string of the molecule is CC1CNCCN1c1ccnc2cc(Cl)ccc12. The number of piperazine rings is 1. The van der Waals surface area contributed by atoms with E-state index >= 15 is 0 Å². The summed E-state index contributed by atoms with van der Waals surface area (Å²) in [6.45, 7) is 5.33. The van der Waals surface area contributed by atoms with Gasteiger partial charge in [-0.25, -0.2) is 0 Å². The van der Waals surface area contributed by atoms with Gasteiger partial charge in [0.1, 0.15) is 0 Å². The first-order valence-electron chi connectivity index (χ1n) is 6.27. The summed E-state index contributed by atoms with van der Waals surface area (Å²) >= 11 is 6.02. The maximum atomic E-state index is 6.02. The predicted octanol–water partition coefficient (Wildman–Crippen LogP) is 2.69. The molecule has 3 nitrogen and oxygen atoms in total. The third-order valence-corrected chi connectivity index (χ3v) is 3.73. The van der Waals surface area contributed by atoms with Gasteiger partial charge in [0.2, 0.25) is 0 Å². The molecule has 1 aromatic heterocycles. The molecule has 1 aliphatic rings. The van der Waals surface area contributed by atoms with Crippen molar-refractivity contribution in [1.82, 2.24) is 10.3 Å². The van der Waals surface area contributed by atoms with E-state index in [1.165, 1.54) is 11.1 Å². The summed E-state index contributed by atoms with van der Waals surface area (Å²) in [6.07, 6.45) is 1.86. The van der Waals surface area contributed by atoms with E-state index in [9.17, 15) is 0 Å². The predicted molar refractivity (Wildman–Crippen MR) is 76.4 cm³/mol. The minimum Gasteiger partial charge on any atom is -0.366 e. The summed E-state index contributed by atoms with van der Waals surface area (Å²) in [4.78, 5) is 6.83. The Labute approximate surface area is 112 Å². The molecule has 0 aliphatic carbocycles. The largest absolute Gasteiger partial charge is 0.366 e. The summed E-state index contributed by atoms with van der Waals surface area (Å²) in [5.74, 6) is 0. The lowest BCUT2D eigenvalue weighted by Gasteiger charge is -2.36. The van der Waals surface area contributed by atoms with Crippen molar-refractivity contribution < 1.29 is 0 Å². The minimum atomic E-state index is 0.500. The fourth-order valence-electron chi connectivity index (χ4n) is 2.56. The van der Waals surface area contributed by atoms with Gasteiger partial charge in [-0.3, -0.25) is 4.98 Å². The van der Waals surface area contributed by atoms with Gasteiger partial charge in [0.05, 0.1) is 5.52 Å². The van der Waals surface area contributed by atoms with Crippen molar-refractivity contribution in [3.63, 3.8) is 0 Å². The van der Waals surface area contributed by atoms with Gasteiger partial charge in [-0.15, -0.1) is 0 Å². The molecule has 0 amide bonds. The first-order chi connectivity index (χ1) is 8.75. The zero-order valence-corrected chi connectivity index (χ0v) is 11.1. The molecule has 0 spiro atoms. The normalized spacial score (nSPS) is 20.3. The van der Waals surface area contributed by atoms with Crippen molar-refractivity contribution in [1.29, 1.82) is 0 Å². The van der Waals surface area contributed by atoms with Crippen LogP contribution in [0.15, 0.2) is 30.5 Å². The van der Waals surface area contributed by atoms with Gasteiger partial charge >= 0.3 is 0 Å². The molecule has 1 N–H and O–H groups in total. The van der Waals surface area contributed by atoms with Gasteiger partial charge in [0, 0.05) is 48.0 Å². The van der Waals surface area contributed by atoms with Crippen molar-refractivity contribution in [2.75, 3.05) is 24.5 Å². The molecule has 1 fully saturated rings. The van der Waals surface area contributed by atoms with Crippen LogP contribution in [0.4, 0.5) is 5.69 Å². The zero-order valence-electron chi connectivity index (χ0n) is 10.4. The Balaban J connectivity index is 2.10. The van der Waals surface area contributed by atoms with Crippen LogP contribution in [0.1, 0.15) is 6.92 Å². The van der Waals surface area contributed by atoms with Gasteiger partial charge in [-0.2, -0.15) is 0 Å². The molecule has 1 unspecified atom stereocenters. The number of aromatic nitrogens is 1. The molecule has 2 heterocycles. The van der Waals surface area contributed by atoms with Crippen LogP contribution in [0.25, 0.3) is 10.9 Å². The van der Waals surface area contributed by atoms with Crippen LogP contribution in [0.3, 0.4) is 0 Å². The number of benzene rings is 1. The maximum Gasteiger partial charge on any atom is 0.0737 e. The third kappa shape index (κ3) is 2.04. The second-order valence-electron chi connectivity index (χ2n) is 4.74. The summed E-state index contributed by atoms with van der Waals surface area (Å²) in [7, 11) is 0. The van der Waals surface area contributed by atoms with Crippen LogP contribution in [0, 0.1) is 0 Å². The number of hydrogen-bond donors (Lipinski definition) is 1. The van der Waals surface area contributed by atoms with Crippen LogP contribution in [0.2, 0.25) is 5.02 Å². The minimum absolute atomic E-state index is 0.500. The second-order valence-corrected chi connectivity index (χ2v) is 5.17. The lowest BCUT2D eigenvalue weighted by molar-refractivity contribution is 0.502. The van der Waals surface area contributed by atoms with Crippen molar-refractivity contribution in [3.8, 4) is 0 Å². The average molecular weight is 262 g/mol. The fourth-order valence-corrected chi connectivity index (χ4v) is 2.72. The Hall–Kier alpha value is -1.32. The first kappa shape index (κ1) is 11.8. The van der Waals surface area contributed by atoms with Gasteiger partial charge in [0.25, 0.3) is 0 Å². The molecule has 2 aromatic rings. The topological polar surface area (TPSA) is 28.2 Å². The maximum absolute atomic E-state index is 6.02. The van der Waals surface area contributed by atoms with Crippen LogP contribution < -0.4 is 10.2 Å². The Kier molecular flexibility index (Phi) is 3.10.